The smallest absolute Gasteiger partial charge is 0.268 e. The maximum atomic E-state index is 13.1. The molecule has 0 aliphatic carbocycles. The van der Waals surface area contributed by atoms with Crippen LogP contribution in [0.25, 0.3) is 26.1 Å². The molecule has 0 spiro atoms. The van der Waals surface area contributed by atoms with Gasteiger partial charge in [0.15, 0.2) is 4.83 Å². The molecule has 0 radical (unpaired) electrons. The molecule has 0 saturated carbocycles. The van der Waals surface area contributed by atoms with Crippen LogP contribution >= 0.6 is 23.1 Å². The van der Waals surface area contributed by atoms with Gasteiger partial charge in [0, 0.05) is 0 Å². The molecule has 7 nitrogen and oxygen atoms in total. The van der Waals surface area contributed by atoms with Crippen LogP contribution in [-0.4, -0.2) is 23.1 Å². The standard InChI is InChI=1S/C21H17N5O2S2/c1-11-12(2)23-24-19-17(11)21(28)26(30-19)15-9-16-18(22-10-15)29-25(20(16)27)13(3)14-7-5-4-6-8-14/h4-10,13H,1-3H3/t13-/m1/s1. The first-order valence-corrected chi connectivity index (χ1v) is 10.9. The molecule has 5 rings (SSSR count). The van der Waals surface area contributed by atoms with Crippen molar-refractivity contribution < 1.29 is 0 Å². The number of hydrogen-bond donors (Lipinski definition) is 0. The highest BCUT2D eigenvalue weighted by Gasteiger charge is 2.19. The summed E-state index contributed by atoms with van der Waals surface area (Å²) in [7, 11) is 0. The maximum Gasteiger partial charge on any atom is 0.275 e. The van der Waals surface area contributed by atoms with Gasteiger partial charge in [-0.25, -0.2) is 8.94 Å². The largest absolute Gasteiger partial charge is 0.275 e. The second kappa shape index (κ2) is 6.96. The summed E-state index contributed by atoms with van der Waals surface area (Å²) in [5.74, 6) is 0. The molecular formula is C21H17N5O2S2. The number of aromatic nitrogens is 5. The van der Waals surface area contributed by atoms with Gasteiger partial charge in [0.05, 0.1) is 34.4 Å². The number of rotatable bonds is 3. The van der Waals surface area contributed by atoms with E-state index in [9.17, 15) is 9.59 Å². The average molecular weight is 436 g/mol. The third kappa shape index (κ3) is 2.81. The van der Waals surface area contributed by atoms with Crippen LogP contribution in [0, 0.1) is 13.8 Å². The van der Waals surface area contributed by atoms with Crippen LogP contribution in [0.2, 0.25) is 0 Å². The van der Waals surface area contributed by atoms with Crippen molar-refractivity contribution in [1.82, 2.24) is 23.1 Å². The molecule has 0 saturated heterocycles. The Hall–Kier alpha value is -3.17. The molecule has 5 aromatic rings. The van der Waals surface area contributed by atoms with Gasteiger partial charge in [-0.05, 0) is 61.0 Å². The first-order valence-electron chi connectivity index (χ1n) is 9.38. The predicted octanol–water partition coefficient (Wildman–Crippen LogP) is 3.84. The molecule has 0 fully saturated rings. The van der Waals surface area contributed by atoms with Crippen molar-refractivity contribution in [3.63, 3.8) is 0 Å². The highest BCUT2D eigenvalue weighted by Crippen LogP contribution is 2.26. The normalized spacial score (nSPS) is 12.6. The Balaban J connectivity index is 1.66. The topological polar surface area (TPSA) is 82.7 Å². The lowest BCUT2D eigenvalue weighted by Crippen LogP contribution is -2.18. The summed E-state index contributed by atoms with van der Waals surface area (Å²) in [5, 5.41) is 9.33. The fourth-order valence-electron chi connectivity index (χ4n) is 3.46. The van der Waals surface area contributed by atoms with Crippen molar-refractivity contribution >= 4 is 43.5 Å². The minimum absolute atomic E-state index is 0.103. The minimum Gasteiger partial charge on any atom is -0.268 e. The number of pyridine rings is 1. The lowest BCUT2D eigenvalue weighted by molar-refractivity contribution is 0.678. The summed E-state index contributed by atoms with van der Waals surface area (Å²) >= 11 is 2.54. The van der Waals surface area contributed by atoms with Crippen molar-refractivity contribution in [2.45, 2.75) is 26.8 Å². The fraction of sp³-hybridized carbons (Fsp3) is 0.190. The highest BCUT2D eigenvalue weighted by atomic mass is 32.1. The first-order chi connectivity index (χ1) is 14.5. The van der Waals surface area contributed by atoms with Crippen molar-refractivity contribution in [3.05, 3.63) is 80.1 Å². The molecule has 0 unspecified atom stereocenters. The number of hydrogen-bond acceptors (Lipinski definition) is 7. The molecule has 1 aromatic carbocycles. The first kappa shape index (κ1) is 18.8. The number of benzene rings is 1. The van der Waals surface area contributed by atoms with Crippen molar-refractivity contribution in [1.29, 1.82) is 0 Å². The summed E-state index contributed by atoms with van der Waals surface area (Å²) in [5.41, 5.74) is 2.89. The zero-order chi connectivity index (χ0) is 21.0. The van der Waals surface area contributed by atoms with Crippen molar-refractivity contribution in [2.75, 3.05) is 0 Å². The third-order valence-corrected chi connectivity index (χ3v) is 7.51. The quantitative estimate of drug-likeness (QED) is 0.430. The average Bonchev–Trinajstić information content (AvgIpc) is 3.28. The van der Waals surface area contributed by atoms with Gasteiger partial charge < -0.3 is 0 Å². The Labute approximate surface area is 179 Å². The van der Waals surface area contributed by atoms with E-state index in [2.05, 4.69) is 15.2 Å². The summed E-state index contributed by atoms with van der Waals surface area (Å²) in [6.07, 6.45) is 1.63. The fourth-order valence-corrected chi connectivity index (χ4v) is 5.41. The van der Waals surface area contributed by atoms with Crippen molar-refractivity contribution in [3.8, 4) is 5.69 Å². The molecule has 1 atom stereocenters. The summed E-state index contributed by atoms with van der Waals surface area (Å²) in [6.45, 7) is 5.70. The molecule has 0 amide bonds. The number of nitrogens with zero attached hydrogens (tertiary/aromatic N) is 5. The van der Waals surface area contributed by atoms with Gasteiger partial charge in [0.1, 0.15) is 4.83 Å². The predicted molar refractivity (Wildman–Crippen MR) is 120 cm³/mol. The Morgan fingerprint density at radius 3 is 2.50 bits per heavy atom. The molecule has 0 aliphatic rings. The molecule has 0 bridgehead atoms. The van der Waals surface area contributed by atoms with Gasteiger partial charge in [-0.15, -0.1) is 5.10 Å². The van der Waals surface area contributed by atoms with Crippen molar-refractivity contribution in [2.24, 2.45) is 0 Å². The molecule has 4 heterocycles. The van der Waals surface area contributed by atoms with Crippen LogP contribution in [0.15, 0.2) is 52.2 Å². The van der Waals surface area contributed by atoms with E-state index in [1.807, 2.05) is 51.1 Å². The maximum absolute atomic E-state index is 13.1. The molecule has 0 N–H and O–H groups in total. The van der Waals surface area contributed by atoms with Crippen LogP contribution in [0.1, 0.15) is 29.8 Å². The van der Waals surface area contributed by atoms with E-state index in [1.54, 1.807) is 16.2 Å². The molecule has 0 aliphatic heterocycles. The van der Waals surface area contributed by atoms with Gasteiger partial charge in [0.2, 0.25) is 0 Å². The molecule has 30 heavy (non-hydrogen) atoms. The molecular weight excluding hydrogens is 418 g/mol. The van der Waals surface area contributed by atoms with E-state index in [4.69, 9.17) is 0 Å². The van der Waals surface area contributed by atoms with E-state index in [1.165, 1.54) is 27.0 Å². The van der Waals surface area contributed by atoms with E-state index >= 15 is 0 Å². The van der Waals surface area contributed by atoms with E-state index < -0.39 is 0 Å². The Morgan fingerprint density at radius 1 is 0.967 bits per heavy atom. The van der Waals surface area contributed by atoms with Gasteiger partial charge in [-0.3, -0.25) is 13.5 Å². The zero-order valence-electron chi connectivity index (χ0n) is 16.5. The van der Waals surface area contributed by atoms with Crippen LogP contribution < -0.4 is 11.1 Å². The summed E-state index contributed by atoms with van der Waals surface area (Å²) in [4.78, 5) is 31.8. The van der Waals surface area contributed by atoms with Crippen LogP contribution in [-0.2, 0) is 0 Å². The Morgan fingerprint density at radius 2 is 1.73 bits per heavy atom. The highest BCUT2D eigenvalue weighted by molar-refractivity contribution is 7.14. The second-order valence-electron chi connectivity index (χ2n) is 7.14. The zero-order valence-corrected chi connectivity index (χ0v) is 18.1. The summed E-state index contributed by atoms with van der Waals surface area (Å²) in [6, 6.07) is 11.5. The van der Waals surface area contributed by atoms with Crippen LogP contribution in [0.5, 0.6) is 0 Å². The minimum atomic E-state index is -0.167. The van der Waals surface area contributed by atoms with Crippen LogP contribution in [0.4, 0.5) is 0 Å². The monoisotopic (exact) mass is 435 g/mol. The third-order valence-electron chi connectivity index (χ3n) is 5.32. The number of aryl methyl sites for hydroxylation is 2. The molecule has 4 aromatic heterocycles. The van der Waals surface area contributed by atoms with Crippen LogP contribution in [0.3, 0.4) is 0 Å². The van der Waals surface area contributed by atoms with Gasteiger partial charge in [-0.2, -0.15) is 5.10 Å². The lowest BCUT2D eigenvalue weighted by atomic mass is 10.1. The Kier molecular flexibility index (Phi) is 4.37. The number of fused-ring (bicyclic) bond motifs is 2. The van der Waals surface area contributed by atoms with E-state index in [0.29, 0.717) is 26.1 Å². The molecule has 9 heteroatoms. The van der Waals surface area contributed by atoms with Gasteiger partial charge >= 0.3 is 0 Å². The van der Waals surface area contributed by atoms with Gasteiger partial charge in [-0.1, -0.05) is 30.3 Å². The summed E-state index contributed by atoms with van der Waals surface area (Å²) < 4.78 is 3.25. The van der Waals surface area contributed by atoms with Gasteiger partial charge in [0.25, 0.3) is 11.1 Å². The van der Waals surface area contributed by atoms with E-state index in [0.717, 1.165) is 16.8 Å². The lowest BCUT2D eigenvalue weighted by Gasteiger charge is -2.11. The Bertz CT molecular complexity index is 1530. The second-order valence-corrected chi connectivity index (χ2v) is 9.03. The SMILES string of the molecule is Cc1nnc2sn(-c3cnc4sn([C@H](C)c5ccccc5)c(=O)c4c3)c(=O)c2c1C. The van der Waals surface area contributed by atoms with E-state index in [-0.39, 0.29) is 17.2 Å². The molecule has 150 valence electrons.